The zero-order valence-electron chi connectivity index (χ0n) is 17.5. The Hall–Kier alpha value is -3.43. The third-order valence-electron chi connectivity index (χ3n) is 5.54. The van der Waals surface area contributed by atoms with Gasteiger partial charge in [0.1, 0.15) is 11.6 Å². The van der Waals surface area contributed by atoms with Crippen molar-refractivity contribution < 1.29 is 22.4 Å². The van der Waals surface area contributed by atoms with Crippen LogP contribution in [0.4, 0.5) is 23.4 Å². The van der Waals surface area contributed by atoms with Gasteiger partial charge in [0.2, 0.25) is 0 Å². The molecule has 0 aliphatic carbocycles. The van der Waals surface area contributed by atoms with E-state index in [1.165, 1.54) is 18.2 Å². The predicted octanol–water partition coefficient (Wildman–Crippen LogP) is 4.00. The van der Waals surface area contributed by atoms with E-state index in [0.29, 0.717) is 54.6 Å². The van der Waals surface area contributed by atoms with Crippen molar-refractivity contribution >= 4 is 11.7 Å². The lowest BCUT2D eigenvalue weighted by atomic mass is 10.1. The van der Waals surface area contributed by atoms with Crippen LogP contribution in [-0.2, 0) is 6.18 Å². The molecule has 0 bridgehead atoms. The zero-order chi connectivity index (χ0) is 23.0. The summed E-state index contributed by atoms with van der Waals surface area (Å²) in [5, 5.41) is 4.45. The van der Waals surface area contributed by atoms with Crippen LogP contribution in [0.15, 0.2) is 42.6 Å². The number of piperazine rings is 1. The van der Waals surface area contributed by atoms with E-state index in [-0.39, 0.29) is 11.7 Å². The molecule has 1 aliphatic rings. The van der Waals surface area contributed by atoms with Gasteiger partial charge in [-0.05, 0) is 50.2 Å². The molecule has 4 rings (SSSR count). The second-order valence-electron chi connectivity index (χ2n) is 7.62. The molecule has 3 aromatic rings. The average molecular weight is 447 g/mol. The van der Waals surface area contributed by atoms with Crippen molar-refractivity contribution in [2.75, 3.05) is 31.1 Å². The summed E-state index contributed by atoms with van der Waals surface area (Å²) in [5.41, 5.74) is 1.59. The lowest BCUT2D eigenvalue weighted by Crippen LogP contribution is -2.49. The Morgan fingerprint density at radius 1 is 0.969 bits per heavy atom. The van der Waals surface area contributed by atoms with Crippen molar-refractivity contribution in [3.05, 3.63) is 70.9 Å². The fourth-order valence-electron chi connectivity index (χ4n) is 3.82. The van der Waals surface area contributed by atoms with Gasteiger partial charge in [0, 0.05) is 32.4 Å². The number of aromatic nitrogens is 3. The van der Waals surface area contributed by atoms with E-state index in [4.69, 9.17) is 0 Å². The van der Waals surface area contributed by atoms with Gasteiger partial charge in [-0.15, -0.1) is 0 Å². The van der Waals surface area contributed by atoms with E-state index in [1.807, 2.05) is 4.90 Å². The first-order valence-electron chi connectivity index (χ1n) is 10.0. The summed E-state index contributed by atoms with van der Waals surface area (Å²) in [5.74, 6) is -0.0676. The number of benzene rings is 1. The molecule has 1 aromatic carbocycles. The van der Waals surface area contributed by atoms with Crippen LogP contribution >= 0.6 is 0 Å². The van der Waals surface area contributed by atoms with Crippen LogP contribution in [0.3, 0.4) is 0 Å². The molecule has 168 valence electrons. The summed E-state index contributed by atoms with van der Waals surface area (Å²) in [6, 6.07) is 8.22. The molecule has 2 aromatic heterocycles. The Morgan fingerprint density at radius 3 is 2.19 bits per heavy atom. The van der Waals surface area contributed by atoms with Gasteiger partial charge in [-0.25, -0.2) is 14.1 Å². The van der Waals surface area contributed by atoms with Gasteiger partial charge in [-0.1, -0.05) is 0 Å². The number of alkyl halides is 3. The maximum absolute atomic E-state index is 13.2. The van der Waals surface area contributed by atoms with Crippen molar-refractivity contribution in [2.24, 2.45) is 0 Å². The first-order valence-corrected chi connectivity index (χ1v) is 10.0. The summed E-state index contributed by atoms with van der Waals surface area (Å²) in [4.78, 5) is 20.7. The standard InChI is InChI=1S/C22H21F4N5O/c1-14-20(15(2)31(28-14)18-6-4-17(23)5-7-18)21(32)30-11-9-29(10-12-30)19-8-3-16(13-27-19)22(24,25)26/h3-8,13H,9-12H2,1-2H3. The van der Waals surface area contributed by atoms with E-state index in [0.717, 1.165) is 12.3 Å². The Balaban J connectivity index is 1.46. The number of hydrogen-bond acceptors (Lipinski definition) is 4. The molecule has 1 amide bonds. The van der Waals surface area contributed by atoms with Gasteiger partial charge < -0.3 is 9.80 Å². The lowest BCUT2D eigenvalue weighted by Gasteiger charge is -2.35. The third-order valence-corrected chi connectivity index (χ3v) is 5.54. The Kier molecular flexibility index (Phi) is 5.62. The Labute approximate surface area is 182 Å². The van der Waals surface area contributed by atoms with E-state index < -0.39 is 11.7 Å². The summed E-state index contributed by atoms with van der Waals surface area (Å²) >= 11 is 0. The Morgan fingerprint density at radius 2 is 1.62 bits per heavy atom. The monoisotopic (exact) mass is 447 g/mol. The van der Waals surface area contributed by atoms with Crippen LogP contribution in [0.2, 0.25) is 0 Å². The van der Waals surface area contributed by atoms with E-state index >= 15 is 0 Å². The van der Waals surface area contributed by atoms with Gasteiger partial charge in [-0.2, -0.15) is 18.3 Å². The van der Waals surface area contributed by atoms with Crippen LogP contribution < -0.4 is 4.90 Å². The van der Waals surface area contributed by atoms with Crippen molar-refractivity contribution in [3.8, 4) is 5.69 Å². The maximum atomic E-state index is 13.2. The van der Waals surface area contributed by atoms with Gasteiger partial charge in [0.25, 0.3) is 5.91 Å². The number of nitrogens with zero attached hydrogens (tertiary/aromatic N) is 5. The molecule has 0 N–H and O–H groups in total. The molecule has 1 saturated heterocycles. The molecule has 1 fully saturated rings. The summed E-state index contributed by atoms with van der Waals surface area (Å²) in [6.45, 7) is 5.26. The van der Waals surface area contributed by atoms with Crippen LogP contribution in [0.5, 0.6) is 0 Å². The zero-order valence-corrected chi connectivity index (χ0v) is 17.5. The Bertz CT molecular complexity index is 1110. The number of rotatable bonds is 3. The molecule has 0 spiro atoms. The van der Waals surface area contributed by atoms with Crippen molar-refractivity contribution in [1.29, 1.82) is 0 Å². The maximum Gasteiger partial charge on any atom is 0.417 e. The first-order chi connectivity index (χ1) is 15.1. The second-order valence-corrected chi connectivity index (χ2v) is 7.62. The number of amides is 1. The lowest BCUT2D eigenvalue weighted by molar-refractivity contribution is -0.137. The molecule has 3 heterocycles. The minimum atomic E-state index is -4.43. The number of halogens is 4. The molecule has 6 nitrogen and oxygen atoms in total. The van der Waals surface area contributed by atoms with Crippen LogP contribution in [-0.4, -0.2) is 51.8 Å². The van der Waals surface area contributed by atoms with Crippen LogP contribution in [0.25, 0.3) is 5.69 Å². The predicted molar refractivity (Wildman–Crippen MR) is 110 cm³/mol. The molecule has 0 atom stereocenters. The van der Waals surface area contributed by atoms with Gasteiger partial charge in [-0.3, -0.25) is 4.79 Å². The largest absolute Gasteiger partial charge is 0.417 e. The van der Waals surface area contributed by atoms with Crippen molar-refractivity contribution in [2.45, 2.75) is 20.0 Å². The molecular formula is C22H21F4N5O. The highest BCUT2D eigenvalue weighted by atomic mass is 19.4. The average Bonchev–Trinajstić information content (AvgIpc) is 3.07. The first kappa shape index (κ1) is 21.8. The highest BCUT2D eigenvalue weighted by molar-refractivity contribution is 5.96. The quantitative estimate of drug-likeness (QED) is 0.570. The van der Waals surface area contributed by atoms with Crippen LogP contribution in [0.1, 0.15) is 27.3 Å². The van der Waals surface area contributed by atoms with Crippen molar-refractivity contribution in [3.63, 3.8) is 0 Å². The molecular weight excluding hydrogens is 426 g/mol. The minimum Gasteiger partial charge on any atom is -0.353 e. The number of anilines is 1. The van der Waals surface area contributed by atoms with E-state index in [1.54, 1.807) is 35.6 Å². The third kappa shape index (κ3) is 4.17. The van der Waals surface area contributed by atoms with Gasteiger partial charge in [0.15, 0.2) is 0 Å². The molecule has 0 radical (unpaired) electrons. The normalized spacial score (nSPS) is 14.7. The second kappa shape index (κ2) is 8.25. The summed E-state index contributed by atoms with van der Waals surface area (Å²) < 4.78 is 53.1. The molecule has 0 unspecified atom stereocenters. The van der Waals surface area contributed by atoms with Gasteiger partial charge >= 0.3 is 6.18 Å². The molecule has 1 aliphatic heterocycles. The number of carbonyl (C=O) groups is 1. The van der Waals surface area contributed by atoms with E-state index in [9.17, 15) is 22.4 Å². The smallest absolute Gasteiger partial charge is 0.353 e. The minimum absolute atomic E-state index is 0.159. The number of carbonyl (C=O) groups excluding carboxylic acids is 1. The molecule has 32 heavy (non-hydrogen) atoms. The van der Waals surface area contributed by atoms with Crippen LogP contribution in [0, 0.1) is 19.7 Å². The summed E-state index contributed by atoms with van der Waals surface area (Å²) in [6.07, 6.45) is -3.60. The molecule has 10 heteroatoms. The molecule has 0 saturated carbocycles. The number of aryl methyl sites for hydroxylation is 1. The van der Waals surface area contributed by atoms with Gasteiger partial charge in [0.05, 0.1) is 28.2 Å². The highest BCUT2D eigenvalue weighted by Crippen LogP contribution is 2.29. The fraction of sp³-hybridized carbons (Fsp3) is 0.318. The highest BCUT2D eigenvalue weighted by Gasteiger charge is 2.31. The SMILES string of the molecule is Cc1nn(-c2ccc(F)cc2)c(C)c1C(=O)N1CCN(c2ccc(C(F)(F)F)cn2)CC1. The number of pyridine rings is 1. The van der Waals surface area contributed by atoms with Crippen molar-refractivity contribution in [1.82, 2.24) is 19.7 Å². The number of hydrogen-bond donors (Lipinski definition) is 0. The summed E-state index contributed by atoms with van der Waals surface area (Å²) in [7, 11) is 0. The van der Waals surface area contributed by atoms with E-state index in [2.05, 4.69) is 10.1 Å². The fourth-order valence-corrected chi connectivity index (χ4v) is 3.82. The topological polar surface area (TPSA) is 54.3 Å².